The van der Waals surface area contributed by atoms with Crippen LogP contribution < -0.4 is 11.2 Å². The number of benzene rings is 2. The molecule has 1 heterocycles. The van der Waals surface area contributed by atoms with E-state index in [4.69, 9.17) is 27.9 Å². The fraction of sp³-hybridized carbons (Fsp3) is 0.222. The van der Waals surface area contributed by atoms with Crippen LogP contribution in [0.15, 0.2) is 32.7 Å². The Bertz CT molecular complexity index is 1200. The van der Waals surface area contributed by atoms with Crippen LogP contribution in [0, 0.1) is 11.6 Å². The van der Waals surface area contributed by atoms with Crippen molar-refractivity contribution in [3.8, 4) is 11.1 Å². The van der Waals surface area contributed by atoms with Crippen molar-refractivity contribution in [1.29, 1.82) is 0 Å². The van der Waals surface area contributed by atoms with E-state index < -0.39 is 29.0 Å². The SMILES string of the molecule is CO[C@H](CO)CSc1c(-c2cc(Cl)c(F)cc2F)c(Cl)cc2c(=O)[nH]c(=O)[nH]c12. The molecule has 0 saturated carbocycles. The lowest BCUT2D eigenvalue weighted by Crippen LogP contribution is -2.23. The number of halogens is 4. The van der Waals surface area contributed by atoms with Crippen LogP contribution in [0.25, 0.3) is 22.0 Å². The number of hydrogen-bond acceptors (Lipinski definition) is 5. The summed E-state index contributed by atoms with van der Waals surface area (Å²) in [7, 11) is 1.41. The summed E-state index contributed by atoms with van der Waals surface area (Å²) in [5.41, 5.74) is -1.30. The van der Waals surface area contributed by atoms with Gasteiger partial charge in [0.25, 0.3) is 5.56 Å². The van der Waals surface area contributed by atoms with Gasteiger partial charge < -0.3 is 14.8 Å². The second kappa shape index (κ2) is 8.85. The number of H-pyrrole nitrogens is 2. The summed E-state index contributed by atoms with van der Waals surface area (Å²) in [5, 5.41) is 9.11. The van der Waals surface area contributed by atoms with Gasteiger partial charge in [0.2, 0.25) is 0 Å². The van der Waals surface area contributed by atoms with Crippen LogP contribution in [0.4, 0.5) is 8.78 Å². The van der Waals surface area contributed by atoms with Crippen LogP contribution in [0.3, 0.4) is 0 Å². The summed E-state index contributed by atoms with van der Waals surface area (Å²) < 4.78 is 33.4. The van der Waals surface area contributed by atoms with Crippen LogP contribution in [0.5, 0.6) is 0 Å². The molecule has 2 aromatic carbocycles. The van der Waals surface area contributed by atoms with Crippen LogP contribution >= 0.6 is 35.0 Å². The second-order valence-electron chi connectivity index (χ2n) is 5.99. The van der Waals surface area contributed by atoms with Gasteiger partial charge in [0.05, 0.1) is 33.7 Å². The van der Waals surface area contributed by atoms with Gasteiger partial charge in [-0.2, -0.15) is 0 Å². The van der Waals surface area contributed by atoms with Crippen molar-refractivity contribution >= 4 is 45.9 Å². The van der Waals surface area contributed by atoms with E-state index in [2.05, 4.69) is 9.97 Å². The first-order valence-electron chi connectivity index (χ1n) is 8.17. The average molecular weight is 463 g/mol. The number of nitrogens with one attached hydrogen (secondary N) is 2. The monoisotopic (exact) mass is 462 g/mol. The summed E-state index contributed by atoms with van der Waals surface area (Å²) in [6, 6.07) is 2.98. The van der Waals surface area contributed by atoms with Gasteiger partial charge in [0, 0.05) is 35.0 Å². The van der Waals surface area contributed by atoms with E-state index in [0.717, 1.165) is 17.8 Å². The molecule has 0 unspecified atom stereocenters. The standard InChI is InChI=1S/C18H14Cl2F2N2O4S/c1-28-7(5-25)6-29-16-14(8-2-10(19)13(22)4-12(8)21)11(20)3-9-15(16)23-18(27)24-17(9)26/h2-4,7,25H,5-6H2,1H3,(H2,23,24,26,27)/t7-/m1/s1. The van der Waals surface area contributed by atoms with Gasteiger partial charge in [-0.15, -0.1) is 11.8 Å². The third kappa shape index (κ3) is 4.34. The van der Waals surface area contributed by atoms with E-state index in [1.54, 1.807) is 0 Å². The summed E-state index contributed by atoms with van der Waals surface area (Å²) in [5.74, 6) is -1.67. The number of aromatic amines is 2. The minimum absolute atomic E-state index is 0.00270. The fourth-order valence-electron chi connectivity index (χ4n) is 2.73. The maximum atomic E-state index is 14.6. The van der Waals surface area contributed by atoms with Crippen molar-refractivity contribution in [2.24, 2.45) is 0 Å². The molecule has 1 aromatic heterocycles. The van der Waals surface area contributed by atoms with E-state index in [1.165, 1.54) is 13.2 Å². The molecule has 0 aliphatic rings. The molecule has 0 fully saturated rings. The Labute approximate surface area is 176 Å². The molecular formula is C18H14Cl2F2N2O4S. The van der Waals surface area contributed by atoms with Crippen molar-refractivity contribution in [2.75, 3.05) is 19.5 Å². The number of thioether (sulfide) groups is 1. The number of ether oxygens (including phenoxy) is 1. The van der Waals surface area contributed by atoms with Crippen molar-refractivity contribution in [3.05, 3.63) is 60.7 Å². The van der Waals surface area contributed by atoms with Crippen LogP contribution in [-0.2, 0) is 4.74 Å². The van der Waals surface area contributed by atoms with Gasteiger partial charge in [-0.05, 0) is 12.1 Å². The summed E-state index contributed by atoms with van der Waals surface area (Å²) in [6.07, 6.45) is -0.572. The van der Waals surface area contributed by atoms with Crippen LogP contribution in [0.2, 0.25) is 10.0 Å². The molecule has 6 nitrogen and oxygen atoms in total. The van der Waals surface area contributed by atoms with E-state index in [1.807, 2.05) is 0 Å². The second-order valence-corrected chi connectivity index (χ2v) is 7.84. The zero-order chi connectivity index (χ0) is 21.3. The Morgan fingerprint density at radius 2 is 1.86 bits per heavy atom. The molecule has 154 valence electrons. The van der Waals surface area contributed by atoms with Gasteiger partial charge in [0.1, 0.15) is 11.6 Å². The molecule has 0 aliphatic heterocycles. The van der Waals surface area contributed by atoms with E-state index in [0.29, 0.717) is 6.07 Å². The van der Waals surface area contributed by atoms with Crippen LogP contribution in [-0.4, -0.2) is 40.6 Å². The molecule has 0 radical (unpaired) electrons. The number of fused-ring (bicyclic) bond motifs is 1. The highest BCUT2D eigenvalue weighted by Crippen LogP contribution is 2.43. The Hall–Kier alpha value is -1.91. The maximum absolute atomic E-state index is 14.6. The van der Waals surface area contributed by atoms with E-state index in [-0.39, 0.29) is 49.3 Å². The number of aliphatic hydroxyl groups excluding tert-OH is 1. The minimum Gasteiger partial charge on any atom is -0.394 e. The fourth-order valence-corrected chi connectivity index (χ4v) is 4.51. The Kier molecular flexibility index (Phi) is 6.65. The van der Waals surface area contributed by atoms with Gasteiger partial charge in [-0.3, -0.25) is 9.78 Å². The highest BCUT2D eigenvalue weighted by atomic mass is 35.5. The number of hydrogen-bond donors (Lipinski definition) is 3. The first-order valence-corrected chi connectivity index (χ1v) is 9.91. The summed E-state index contributed by atoms with van der Waals surface area (Å²) in [6.45, 7) is -0.287. The predicted octanol–water partition coefficient (Wildman–Crippen LogP) is 3.57. The van der Waals surface area contributed by atoms with Crippen molar-refractivity contribution in [2.45, 2.75) is 11.0 Å². The molecule has 1 atom stereocenters. The van der Waals surface area contributed by atoms with Gasteiger partial charge in [-0.25, -0.2) is 13.6 Å². The Morgan fingerprint density at radius 1 is 1.14 bits per heavy atom. The van der Waals surface area contributed by atoms with E-state index in [9.17, 15) is 23.5 Å². The molecule has 3 N–H and O–H groups in total. The number of methoxy groups -OCH3 is 1. The van der Waals surface area contributed by atoms with Gasteiger partial charge in [-0.1, -0.05) is 23.2 Å². The van der Waals surface area contributed by atoms with Crippen molar-refractivity contribution in [3.63, 3.8) is 0 Å². The molecule has 3 rings (SSSR count). The zero-order valence-corrected chi connectivity index (χ0v) is 17.1. The smallest absolute Gasteiger partial charge is 0.326 e. The van der Waals surface area contributed by atoms with Crippen molar-refractivity contribution in [1.82, 2.24) is 9.97 Å². The third-order valence-electron chi connectivity index (χ3n) is 4.17. The number of rotatable bonds is 6. The zero-order valence-electron chi connectivity index (χ0n) is 14.8. The van der Waals surface area contributed by atoms with Gasteiger partial charge in [0.15, 0.2) is 0 Å². The molecule has 0 saturated heterocycles. The largest absolute Gasteiger partial charge is 0.394 e. The van der Waals surface area contributed by atoms with Crippen molar-refractivity contribution < 1.29 is 18.6 Å². The average Bonchev–Trinajstić information content (AvgIpc) is 2.66. The highest BCUT2D eigenvalue weighted by Gasteiger charge is 2.22. The molecule has 11 heteroatoms. The molecule has 0 bridgehead atoms. The summed E-state index contributed by atoms with van der Waals surface area (Å²) in [4.78, 5) is 28.9. The minimum atomic E-state index is -0.941. The van der Waals surface area contributed by atoms with E-state index >= 15 is 0 Å². The number of aromatic nitrogens is 2. The molecular weight excluding hydrogens is 449 g/mol. The quantitative estimate of drug-likeness (QED) is 0.384. The first kappa shape index (κ1) is 21.8. The van der Waals surface area contributed by atoms with Crippen LogP contribution in [0.1, 0.15) is 0 Å². The molecule has 29 heavy (non-hydrogen) atoms. The maximum Gasteiger partial charge on any atom is 0.326 e. The third-order valence-corrected chi connectivity index (χ3v) is 6.00. The lowest BCUT2D eigenvalue weighted by Gasteiger charge is -2.17. The molecule has 0 amide bonds. The molecule has 0 spiro atoms. The summed E-state index contributed by atoms with van der Waals surface area (Å²) >= 11 is 13.3. The lowest BCUT2D eigenvalue weighted by atomic mass is 10.0. The molecule has 3 aromatic rings. The highest BCUT2D eigenvalue weighted by molar-refractivity contribution is 7.99. The first-order chi connectivity index (χ1) is 13.8. The van der Waals surface area contributed by atoms with Gasteiger partial charge >= 0.3 is 5.69 Å². The molecule has 0 aliphatic carbocycles. The normalized spacial score (nSPS) is 12.5. The number of aliphatic hydroxyl groups is 1. The Morgan fingerprint density at radius 3 is 2.52 bits per heavy atom. The lowest BCUT2D eigenvalue weighted by molar-refractivity contribution is 0.0656. The predicted molar refractivity (Wildman–Crippen MR) is 109 cm³/mol. The topological polar surface area (TPSA) is 95.2 Å². The Balaban J connectivity index is 2.35.